The summed E-state index contributed by atoms with van der Waals surface area (Å²) in [7, 11) is 0. The molecule has 0 aliphatic heterocycles. The number of halogens is 1. The second kappa shape index (κ2) is 4.17. The number of benzene rings is 1. The van der Waals surface area contributed by atoms with Gasteiger partial charge in [0.1, 0.15) is 5.82 Å². The molecule has 1 aromatic carbocycles. The average molecular weight is 219 g/mol. The minimum absolute atomic E-state index is 0.137. The van der Waals surface area contributed by atoms with Gasteiger partial charge in [0.05, 0.1) is 0 Å². The lowest BCUT2D eigenvalue weighted by atomic mass is 9.90. The molecule has 0 amide bonds. The lowest BCUT2D eigenvalue weighted by Crippen LogP contribution is -2.38. The molecule has 16 heavy (non-hydrogen) atoms. The summed E-state index contributed by atoms with van der Waals surface area (Å²) in [4.78, 5) is 0. The third-order valence-electron chi connectivity index (χ3n) is 3.84. The third kappa shape index (κ3) is 2.12. The van der Waals surface area contributed by atoms with Gasteiger partial charge in [-0.1, -0.05) is 18.6 Å². The monoisotopic (exact) mass is 219 g/mol. The smallest absolute Gasteiger partial charge is 0.123 e. The molecular formula is C14H18FN. The van der Waals surface area contributed by atoms with E-state index in [4.69, 9.17) is 0 Å². The van der Waals surface area contributed by atoms with Crippen molar-refractivity contribution in [2.45, 2.75) is 44.2 Å². The molecule has 1 N–H and O–H groups in total. The van der Waals surface area contributed by atoms with E-state index in [0.29, 0.717) is 12.1 Å². The first-order chi connectivity index (χ1) is 7.83. The maximum Gasteiger partial charge on any atom is 0.123 e. The highest BCUT2D eigenvalue weighted by Crippen LogP contribution is 2.42. The van der Waals surface area contributed by atoms with Crippen LogP contribution in [0.3, 0.4) is 0 Å². The topological polar surface area (TPSA) is 12.0 Å². The highest BCUT2D eigenvalue weighted by molar-refractivity contribution is 5.22. The first-order valence-electron chi connectivity index (χ1n) is 6.34. The molecule has 0 bridgehead atoms. The van der Waals surface area contributed by atoms with Gasteiger partial charge in [0.2, 0.25) is 0 Å². The second-order valence-electron chi connectivity index (χ2n) is 5.16. The quantitative estimate of drug-likeness (QED) is 0.818. The number of rotatable bonds is 4. The van der Waals surface area contributed by atoms with Crippen LogP contribution in [0, 0.1) is 11.7 Å². The van der Waals surface area contributed by atoms with Crippen LogP contribution in [0.15, 0.2) is 24.3 Å². The SMILES string of the molecule is Fc1ccc(C(NC2CCC2)C2CC2)cc1. The molecule has 1 atom stereocenters. The van der Waals surface area contributed by atoms with Crippen LogP contribution in [0.4, 0.5) is 4.39 Å². The fourth-order valence-electron chi connectivity index (χ4n) is 2.43. The molecule has 0 heterocycles. The van der Waals surface area contributed by atoms with Gasteiger partial charge in [-0.2, -0.15) is 0 Å². The average Bonchev–Trinajstić information content (AvgIpc) is 3.02. The summed E-state index contributed by atoms with van der Waals surface area (Å²) in [5.41, 5.74) is 1.26. The Morgan fingerprint density at radius 2 is 1.75 bits per heavy atom. The minimum Gasteiger partial charge on any atom is -0.307 e. The number of hydrogen-bond donors (Lipinski definition) is 1. The molecule has 2 saturated carbocycles. The second-order valence-corrected chi connectivity index (χ2v) is 5.16. The Bertz CT molecular complexity index is 352. The van der Waals surface area contributed by atoms with Crippen molar-refractivity contribution in [1.29, 1.82) is 0 Å². The Morgan fingerprint density at radius 1 is 1.06 bits per heavy atom. The van der Waals surface area contributed by atoms with Gasteiger partial charge in [0.15, 0.2) is 0 Å². The van der Waals surface area contributed by atoms with Crippen LogP contribution in [0.2, 0.25) is 0 Å². The van der Waals surface area contributed by atoms with Crippen molar-refractivity contribution in [3.8, 4) is 0 Å². The summed E-state index contributed by atoms with van der Waals surface area (Å²) < 4.78 is 12.9. The Labute approximate surface area is 96.1 Å². The lowest BCUT2D eigenvalue weighted by Gasteiger charge is -2.32. The van der Waals surface area contributed by atoms with E-state index < -0.39 is 0 Å². The van der Waals surface area contributed by atoms with Crippen molar-refractivity contribution in [2.75, 3.05) is 0 Å². The molecule has 2 aliphatic carbocycles. The summed E-state index contributed by atoms with van der Waals surface area (Å²) in [5, 5.41) is 3.73. The van der Waals surface area contributed by atoms with E-state index in [1.54, 1.807) is 12.1 Å². The van der Waals surface area contributed by atoms with Crippen LogP contribution in [0.25, 0.3) is 0 Å². The first-order valence-corrected chi connectivity index (χ1v) is 6.34. The zero-order chi connectivity index (χ0) is 11.0. The zero-order valence-electron chi connectivity index (χ0n) is 9.45. The molecule has 3 rings (SSSR count). The Hall–Kier alpha value is -0.890. The molecule has 1 aromatic rings. The van der Waals surface area contributed by atoms with E-state index in [9.17, 15) is 4.39 Å². The summed E-state index contributed by atoms with van der Waals surface area (Å²) in [6.07, 6.45) is 6.62. The molecule has 1 unspecified atom stereocenters. The Kier molecular flexibility index (Phi) is 2.68. The van der Waals surface area contributed by atoms with Crippen molar-refractivity contribution in [2.24, 2.45) is 5.92 Å². The molecule has 2 heteroatoms. The third-order valence-corrected chi connectivity index (χ3v) is 3.84. The maximum atomic E-state index is 12.9. The Morgan fingerprint density at radius 3 is 2.25 bits per heavy atom. The van der Waals surface area contributed by atoms with Crippen LogP contribution in [-0.2, 0) is 0 Å². The molecule has 86 valence electrons. The largest absolute Gasteiger partial charge is 0.307 e. The molecule has 0 radical (unpaired) electrons. The van der Waals surface area contributed by atoms with E-state index in [-0.39, 0.29) is 5.82 Å². The van der Waals surface area contributed by atoms with E-state index in [1.165, 1.54) is 37.7 Å². The van der Waals surface area contributed by atoms with Gasteiger partial charge in [-0.05, 0) is 49.3 Å². The van der Waals surface area contributed by atoms with E-state index in [1.807, 2.05) is 12.1 Å². The van der Waals surface area contributed by atoms with Crippen molar-refractivity contribution < 1.29 is 4.39 Å². The molecule has 1 nitrogen and oxygen atoms in total. The molecular weight excluding hydrogens is 201 g/mol. The van der Waals surface area contributed by atoms with Crippen LogP contribution in [0.1, 0.15) is 43.7 Å². The molecule has 2 fully saturated rings. The van der Waals surface area contributed by atoms with Crippen LogP contribution in [-0.4, -0.2) is 6.04 Å². The number of nitrogens with one attached hydrogen (secondary N) is 1. The molecule has 0 spiro atoms. The van der Waals surface area contributed by atoms with Gasteiger partial charge in [0, 0.05) is 12.1 Å². The standard InChI is InChI=1S/C14H18FN/c15-12-8-6-11(7-9-12)14(10-4-5-10)16-13-2-1-3-13/h6-10,13-14,16H,1-5H2. The fourth-order valence-corrected chi connectivity index (χ4v) is 2.43. The van der Waals surface area contributed by atoms with Crippen molar-refractivity contribution >= 4 is 0 Å². The summed E-state index contributed by atoms with van der Waals surface area (Å²) in [6, 6.07) is 8.19. The van der Waals surface area contributed by atoms with E-state index in [2.05, 4.69) is 5.32 Å². The van der Waals surface area contributed by atoms with Crippen molar-refractivity contribution in [1.82, 2.24) is 5.32 Å². The van der Waals surface area contributed by atoms with E-state index >= 15 is 0 Å². The predicted molar refractivity (Wildman–Crippen MR) is 62.6 cm³/mol. The highest BCUT2D eigenvalue weighted by Gasteiger charge is 2.34. The molecule has 0 saturated heterocycles. The minimum atomic E-state index is -0.137. The van der Waals surface area contributed by atoms with Gasteiger partial charge in [-0.15, -0.1) is 0 Å². The van der Waals surface area contributed by atoms with Gasteiger partial charge in [-0.25, -0.2) is 4.39 Å². The first kappa shape index (κ1) is 10.3. The van der Waals surface area contributed by atoms with Crippen LogP contribution in [0.5, 0.6) is 0 Å². The molecule has 0 aromatic heterocycles. The van der Waals surface area contributed by atoms with Gasteiger partial charge in [-0.3, -0.25) is 0 Å². The van der Waals surface area contributed by atoms with Crippen LogP contribution >= 0.6 is 0 Å². The maximum absolute atomic E-state index is 12.9. The van der Waals surface area contributed by atoms with Crippen molar-refractivity contribution in [3.63, 3.8) is 0 Å². The lowest BCUT2D eigenvalue weighted by molar-refractivity contribution is 0.291. The highest BCUT2D eigenvalue weighted by atomic mass is 19.1. The normalized spacial score (nSPS) is 22.8. The van der Waals surface area contributed by atoms with Crippen molar-refractivity contribution in [3.05, 3.63) is 35.6 Å². The summed E-state index contributed by atoms with van der Waals surface area (Å²) in [5.74, 6) is 0.646. The van der Waals surface area contributed by atoms with Gasteiger partial charge < -0.3 is 5.32 Å². The van der Waals surface area contributed by atoms with E-state index in [0.717, 1.165) is 5.92 Å². The predicted octanol–water partition coefficient (Wildman–Crippen LogP) is 3.42. The summed E-state index contributed by atoms with van der Waals surface area (Å²) >= 11 is 0. The Balaban J connectivity index is 1.73. The fraction of sp³-hybridized carbons (Fsp3) is 0.571. The van der Waals surface area contributed by atoms with Gasteiger partial charge >= 0.3 is 0 Å². The van der Waals surface area contributed by atoms with Crippen LogP contribution < -0.4 is 5.32 Å². The number of hydrogen-bond acceptors (Lipinski definition) is 1. The summed E-state index contributed by atoms with van der Waals surface area (Å²) in [6.45, 7) is 0. The molecule has 2 aliphatic rings. The van der Waals surface area contributed by atoms with Gasteiger partial charge in [0.25, 0.3) is 0 Å². The zero-order valence-corrected chi connectivity index (χ0v) is 9.45.